The minimum absolute atomic E-state index is 0.195. The first kappa shape index (κ1) is 12.5. The van der Waals surface area contributed by atoms with Gasteiger partial charge in [-0.25, -0.2) is 8.42 Å². The van der Waals surface area contributed by atoms with E-state index in [4.69, 9.17) is 10.5 Å². The van der Waals surface area contributed by atoms with E-state index in [1.54, 1.807) is 7.05 Å². The third-order valence-corrected chi connectivity index (χ3v) is 4.64. The van der Waals surface area contributed by atoms with E-state index >= 15 is 0 Å². The van der Waals surface area contributed by atoms with Crippen molar-refractivity contribution in [3.05, 3.63) is 12.4 Å². The van der Waals surface area contributed by atoms with Gasteiger partial charge in [0.2, 0.25) is 10.0 Å². The van der Waals surface area contributed by atoms with Crippen LogP contribution >= 0.6 is 0 Å². The molecule has 0 amide bonds. The minimum Gasteiger partial charge on any atom is -0.378 e. The van der Waals surface area contributed by atoms with Gasteiger partial charge in [0.15, 0.2) is 0 Å². The zero-order valence-electron chi connectivity index (χ0n) is 9.61. The Morgan fingerprint density at radius 3 is 3.00 bits per heavy atom. The van der Waals surface area contributed by atoms with Gasteiger partial charge in [-0.15, -0.1) is 0 Å². The first-order valence-electron chi connectivity index (χ1n) is 5.34. The molecule has 0 aliphatic carbocycles. The van der Waals surface area contributed by atoms with Crippen LogP contribution in [0.4, 0.5) is 0 Å². The van der Waals surface area contributed by atoms with Crippen LogP contribution in [0, 0.1) is 0 Å². The number of hydrogen-bond donors (Lipinski definition) is 1. The molecule has 1 aliphatic rings. The molecule has 1 aliphatic heterocycles. The molecular formula is C9H16N4O3S. The largest absolute Gasteiger partial charge is 0.378 e. The lowest BCUT2D eigenvalue weighted by molar-refractivity contribution is 0.0358. The Hall–Kier alpha value is -0.960. The van der Waals surface area contributed by atoms with Crippen molar-refractivity contribution in [2.24, 2.45) is 12.8 Å². The van der Waals surface area contributed by atoms with E-state index in [0.717, 1.165) is 0 Å². The van der Waals surface area contributed by atoms with Crippen LogP contribution in [0.2, 0.25) is 0 Å². The standard InChI is InChI=1S/C9H16N4O3S/c1-12-6-9(5-11-12)17(14,15)13-2-3-16-7-8(13)4-10/h5-6,8H,2-4,7,10H2,1H3. The summed E-state index contributed by atoms with van der Waals surface area (Å²) < 4.78 is 32.8. The van der Waals surface area contributed by atoms with Crippen molar-refractivity contribution in [2.45, 2.75) is 10.9 Å². The van der Waals surface area contributed by atoms with Crippen LogP contribution in [0.1, 0.15) is 0 Å². The van der Waals surface area contributed by atoms with Crippen molar-refractivity contribution in [2.75, 3.05) is 26.3 Å². The van der Waals surface area contributed by atoms with Crippen LogP contribution < -0.4 is 5.73 Å². The van der Waals surface area contributed by atoms with E-state index in [0.29, 0.717) is 19.8 Å². The molecule has 1 aromatic rings. The van der Waals surface area contributed by atoms with Gasteiger partial charge >= 0.3 is 0 Å². The quantitative estimate of drug-likeness (QED) is 0.734. The Bertz CT molecular complexity index is 484. The van der Waals surface area contributed by atoms with Gasteiger partial charge in [-0.05, 0) is 0 Å². The second-order valence-corrected chi connectivity index (χ2v) is 5.82. The van der Waals surface area contributed by atoms with E-state index in [1.807, 2.05) is 0 Å². The molecule has 1 aromatic heterocycles. The lowest BCUT2D eigenvalue weighted by Crippen LogP contribution is -2.51. The van der Waals surface area contributed by atoms with Crippen molar-refractivity contribution in [1.82, 2.24) is 14.1 Å². The van der Waals surface area contributed by atoms with Gasteiger partial charge in [-0.1, -0.05) is 0 Å². The predicted molar refractivity (Wildman–Crippen MR) is 60.8 cm³/mol. The number of aromatic nitrogens is 2. The highest BCUT2D eigenvalue weighted by molar-refractivity contribution is 7.89. The predicted octanol–water partition coefficient (Wildman–Crippen LogP) is -1.23. The first-order chi connectivity index (χ1) is 8.05. The smallest absolute Gasteiger partial charge is 0.246 e. The van der Waals surface area contributed by atoms with Gasteiger partial charge in [0.25, 0.3) is 0 Å². The van der Waals surface area contributed by atoms with Crippen LogP contribution in [-0.4, -0.2) is 54.8 Å². The molecule has 1 unspecified atom stereocenters. The van der Waals surface area contributed by atoms with Crippen molar-refractivity contribution < 1.29 is 13.2 Å². The van der Waals surface area contributed by atoms with Gasteiger partial charge in [-0.3, -0.25) is 4.68 Å². The molecule has 17 heavy (non-hydrogen) atoms. The normalized spacial score (nSPS) is 22.8. The molecule has 2 heterocycles. The summed E-state index contributed by atoms with van der Waals surface area (Å²) in [4.78, 5) is 0.195. The molecule has 0 spiro atoms. The number of ether oxygens (including phenoxy) is 1. The third kappa shape index (κ3) is 2.34. The van der Waals surface area contributed by atoms with Crippen molar-refractivity contribution in [3.8, 4) is 0 Å². The fraction of sp³-hybridized carbons (Fsp3) is 0.667. The Balaban J connectivity index is 2.30. The molecule has 1 fully saturated rings. The fourth-order valence-corrected chi connectivity index (χ4v) is 3.40. The van der Waals surface area contributed by atoms with Gasteiger partial charge < -0.3 is 10.5 Å². The molecule has 0 aromatic carbocycles. The third-order valence-electron chi connectivity index (χ3n) is 2.73. The number of nitrogens with zero attached hydrogens (tertiary/aromatic N) is 3. The second kappa shape index (κ2) is 4.73. The molecule has 8 heteroatoms. The van der Waals surface area contributed by atoms with E-state index < -0.39 is 10.0 Å². The number of nitrogens with two attached hydrogens (primary N) is 1. The zero-order valence-corrected chi connectivity index (χ0v) is 10.4. The molecule has 0 bridgehead atoms. The van der Waals surface area contributed by atoms with E-state index in [-0.39, 0.29) is 17.5 Å². The van der Waals surface area contributed by atoms with Crippen LogP contribution in [0.5, 0.6) is 0 Å². The lowest BCUT2D eigenvalue weighted by atomic mass is 10.3. The van der Waals surface area contributed by atoms with Crippen molar-refractivity contribution in [3.63, 3.8) is 0 Å². The molecule has 96 valence electrons. The molecular weight excluding hydrogens is 244 g/mol. The summed E-state index contributed by atoms with van der Waals surface area (Å²) in [5.74, 6) is 0. The maximum Gasteiger partial charge on any atom is 0.246 e. The highest BCUT2D eigenvalue weighted by Crippen LogP contribution is 2.19. The number of sulfonamides is 1. The van der Waals surface area contributed by atoms with Gasteiger partial charge in [0.05, 0.1) is 25.5 Å². The van der Waals surface area contributed by atoms with Crippen LogP contribution in [0.15, 0.2) is 17.3 Å². The second-order valence-electron chi connectivity index (χ2n) is 3.93. The summed E-state index contributed by atoms with van der Waals surface area (Å²) in [5, 5.41) is 3.88. The molecule has 2 rings (SSSR count). The van der Waals surface area contributed by atoms with E-state index in [9.17, 15) is 8.42 Å². The monoisotopic (exact) mass is 260 g/mol. The molecule has 1 atom stereocenters. The maximum atomic E-state index is 12.3. The molecule has 0 saturated carbocycles. The maximum absolute atomic E-state index is 12.3. The highest BCUT2D eigenvalue weighted by Gasteiger charge is 2.33. The summed E-state index contributed by atoms with van der Waals surface area (Å²) in [6.45, 7) is 1.32. The molecule has 1 saturated heterocycles. The van der Waals surface area contributed by atoms with Crippen LogP contribution in [0.25, 0.3) is 0 Å². The molecule has 2 N–H and O–H groups in total. The Kier molecular flexibility index (Phi) is 3.48. The van der Waals surface area contributed by atoms with Gasteiger partial charge in [0, 0.05) is 26.3 Å². The number of hydrogen-bond acceptors (Lipinski definition) is 5. The SMILES string of the molecule is Cn1cc(S(=O)(=O)N2CCOCC2CN)cn1. The van der Waals surface area contributed by atoms with E-state index in [1.165, 1.54) is 21.4 Å². The summed E-state index contributed by atoms with van der Waals surface area (Å²) in [6, 6.07) is -0.297. The average Bonchev–Trinajstić information content (AvgIpc) is 2.76. The fourth-order valence-electron chi connectivity index (χ4n) is 1.81. The summed E-state index contributed by atoms with van der Waals surface area (Å²) >= 11 is 0. The summed E-state index contributed by atoms with van der Waals surface area (Å²) in [6.07, 6.45) is 2.83. The average molecular weight is 260 g/mol. The highest BCUT2D eigenvalue weighted by atomic mass is 32.2. The Morgan fingerprint density at radius 2 is 2.41 bits per heavy atom. The van der Waals surface area contributed by atoms with Gasteiger partial charge in [-0.2, -0.15) is 9.40 Å². The Morgan fingerprint density at radius 1 is 1.65 bits per heavy atom. The number of rotatable bonds is 3. The van der Waals surface area contributed by atoms with Gasteiger partial charge in [0.1, 0.15) is 4.90 Å². The topological polar surface area (TPSA) is 90.5 Å². The van der Waals surface area contributed by atoms with Crippen molar-refractivity contribution in [1.29, 1.82) is 0 Å². The summed E-state index contributed by atoms with van der Waals surface area (Å²) in [5.41, 5.74) is 5.57. The van der Waals surface area contributed by atoms with E-state index in [2.05, 4.69) is 5.10 Å². The van der Waals surface area contributed by atoms with Crippen molar-refractivity contribution >= 4 is 10.0 Å². The molecule has 7 nitrogen and oxygen atoms in total. The summed E-state index contributed by atoms with van der Waals surface area (Å²) in [7, 11) is -1.83. The number of morpholine rings is 1. The van der Waals surface area contributed by atoms with Crippen LogP contribution in [0.3, 0.4) is 0 Å². The Labute approximate surface area is 100 Å². The molecule has 0 radical (unpaired) electrons. The zero-order chi connectivity index (χ0) is 12.5. The number of aryl methyl sites for hydroxylation is 1. The van der Waals surface area contributed by atoms with Crippen LogP contribution in [-0.2, 0) is 21.8 Å². The lowest BCUT2D eigenvalue weighted by Gasteiger charge is -2.33. The first-order valence-corrected chi connectivity index (χ1v) is 6.78. The minimum atomic E-state index is -3.51.